The number of aliphatic hydroxyl groups excluding tert-OH is 1. The van der Waals surface area contributed by atoms with Gasteiger partial charge in [-0.1, -0.05) is 11.6 Å². The van der Waals surface area contributed by atoms with Gasteiger partial charge in [0.05, 0.1) is 29.6 Å². The average Bonchev–Trinajstić information content (AvgIpc) is 2.94. The van der Waals surface area contributed by atoms with Gasteiger partial charge in [0.15, 0.2) is 5.65 Å². The van der Waals surface area contributed by atoms with Gasteiger partial charge >= 0.3 is 6.09 Å². The van der Waals surface area contributed by atoms with Crippen molar-refractivity contribution in [2.75, 3.05) is 0 Å². The Balaban J connectivity index is 1.93. The van der Waals surface area contributed by atoms with Gasteiger partial charge in [-0.15, -0.1) is 0 Å². The zero-order valence-electron chi connectivity index (χ0n) is 13.1. The Morgan fingerprint density at radius 2 is 2.16 bits per heavy atom. The minimum Gasteiger partial charge on any atom is -0.465 e. The molecule has 0 unspecified atom stereocenters. The molecule has 10 heteroatoms. The van der Waals surface area contributed by atoms with Crippen LogP contribution in [0.3, 0.4) is 0 Å². The summed E-state index contributed by atoms with van der Waals surface area (Å²) in [4.78, 5) is 15.5. The molecule has 1 aliphatic rings. The fraction of sp³-hybridized carbons (Fsp3) is 0.533. The molecule has 2 aromatic heterocycles. The summed E-state index contributed by atoms with van der Waals surface area (Å²) < 4.78 is 28.2. The Labute approximate surface area is 146 Å². The minimum absolute atomic E-state index is 0.196. The van der Waals surface area contributed by atoms with Crippen LogP contribution in [0.2, 0.25) is 5.02 Å². The highest BCUT2D eigenvalue weighted by Gasteiger charge is 2.39. The molecule has 0 radical (unpaired) electrons. The second-order valence-electron chi connectivity index (χ2n) is 6.19. The van der Waals surface area contributed by atoms with Gasteiger partial charge in [-0.3, -0.25) is 0 Å². The maximum absolute atomic E-state index is 13.4. The van der Waals surface area contributed by atoms with Crippen LogP contribution in [0.5, 0.6) is 0 Å². The van der Waals surface area contributed by atoms with Crippen LogP contribution in [0.1, 0.15) is 43.1 Å². The summed E-state index contributed by atoms with van der Waals surface area (Å²) in [7, 11) is 0. The molecule has 2 aromatic rings. The second kappa shape index (κ2) is 6.72. The molecular formula is C15H17ClF2N4O3. The molecule has 0 bridgehead atoms. The van der Waals surface area contributed by atoms with Crippen LogP contribution in [0, 0.1) is 5.92 Å². The lowest BCUT2D eigenvalue weighted by atomic mass is 9.81. The number of amides is 1. The molecule has 1 fully saturated rings. The third-order valence-electron chi connectivity index (χ3n) is 4.47. The third-order valence-corrected chi connectivity index (χ3v) is 4.80. The van der Waals surface area contributed by atoms with Gasteiger partial charge in [-0.2, -0.15) is 5.10 Å². The number of hydrogen-bond acceptors (Lipinski definition) is 4. The number of nitrogens with zero attached hydrogens (tertiary/aromatic N) is 3. The quantitative estimate of drug-likeness (QED) is 0.764. The first-order chi connectivity index (χ1) is 11.8. The molecule has 1 saturated carbocycles. The van der Waals surface area contributed by atoms with E-state index in [2.05, 4.69) is 15.4 Å². The van der Waals surface area contributed by atoms with E-state index in [4.69, 9.17) is 16.7 Å². The number of aromatic nitrogens is 3. The predicted molar refractivity (Wildman–Crippen MR) is 84.7 cm³/mol. The summed E-state index contributed by atoms with van der Waals surface area (Å²) in [5.41, 5.74) is 1.03. The van der Waals surface area contributed by atoms with Crippen LogP contribution in [0.25, 0.3) is 5.65 Å². The molecule has 0 aromatic carbocycles. The minimum atomic E-state index is -2.70. The van der Waals surface area contributed by atoms with E-state index in [9.17, 15) is 18.7 Å². The second-order valence-corrected chi connectivity index (χ2v) is 6.59. The fourth-order valence-electron chi connectivity index (χ4n) is 3.18. The lowest BCUT2D eigenvalue weighted by Gasteiger charge is -2.32. The smallest absolute Gasteiger partial charge is 0.405 e. The van der Waals surface area contributed by atoms with Gasteiger partial charge in [-0.25, -0.2) is 23.1 Å². The van der Waals surface area contributed by atoms with Gasteiger partial charge < -0.3 is 15.5 Å². The van der Waals surface area contributed by atoms with Crippen LogP contribution in [0.15, 0.2) is 12.3 Å². The summed E-state index contributed by atoms with van der Waals surface area (Å²) in [6.45, 7) is -0.350. The lowest BCUT2D eigenvalue weighted by Crippen LogP contribution is -2.36. The van der Waals surface area contributed by atoms with Crippen LogP contribution in [0.4, 0.5) is 13.6 Å². The molecule has 3 rings (SSSR count). The Hall–Kier alpha value is -2.00. The number of halogens is 3. The number of carbonyl (C=O) groups is 1. The molecule has 136 valence electrons. The highest BCUT2D eigenvalue weighted by molar-refractivity contribution is 6.31. The number of fused-ring (bicyclic) bond motifs is 1. The standard InChI is InChI=1S/C15H17ClF2N4O3/c16-9-5-12-19-10(6-22(12)21-11(9)7-23)13(20-14(24)25)8-1-3-15(17,18)4-2-8/h5-6,8,13,20,23H,1-4,7H2,(H,24,25)/t13-/m0/s1. The highest BCUT2D eigenvalue weighted by Crippen LogP contribution is 2.41. The number of alkyl halides is 2. The maximum atomic E-state index is 13.4. The summed E-state index contributed by atoms with van der Waals surface area (Å²) in [5.74, 6) is -2.98. The molecule has 1 atom stereocenters. The summed E-state index contributed by atoms with van der Waals surface area (Å²) in [6, 6.07) is 0.794. The van der Waals surface area contributed by atoms with Crippen LogP contribution >= 0.6 is 11.6 Å². The Morgan fingerprint density at radius 3 is 2.76 bits per heavy atom. The van der Waals surface area contributed by atoms with E-state index in [1.807, 2.05) is 0 Å². The molecule has 2 heterocycles. The number of nitrogens with one attached hydrogen (secondary N) is 1. The first-order valence-electron chi connectivity index (χ1n) is 7.82. The number of carboxylic acid groups (broad SMARTS) is 1. The lowest BCUT2D eigenvalue weighted by molar-refractivity contribution is -0.0495. The van der Waals surface area contributed by atoms with Crippen molar-refractivity contribution in [3.63, 3.8) is 0 Å². The van der Waals surface area contributed by atoms with Gasteiger partial charge in [0, 0.05) is 18.9 Å². The normalized spacial score (nSPS) is 19.0. The number of aliphatic hydroxyl groups is 1. The molecular weight excluding hydrogens is 358 g/mol. The van der Waals surface area contributed by atoms with Crippen molar-refractivity contribution in [1.82, 2.24) is 19.9 Å². The fourth-order valence-corrected chi connectivity index (χ4v) is 3.37. The molecule has 0 saturated heterocycles. The van der Waals surface area contributed by atoms with Crippen molar-refractivity contribution in [1.29, 1.82) is 0 Å². The number of hydrogen-bond donors (Lipinski definition) is 3. The average molecular weight is 375 g/mol. The Morgan fingerprint density at radius 1 is 1.48 bits per heavy atom. The first-order valence-corrected chi connectivity index (χ1v) is 8.20. The van der Waals surface area contributed by atoms with E-state index in [0.717, 1.165) is 0 Å². The first kappa shape index (κ1) is 17.8. The van der Waals surface area contributed by atoms with E-state index in [1.165, 1.54) is 16.8 Å². The van der Waals surface area contributed by atoms with Crippen molar-refractivity contribution in [3.8, 4) is 0 Å². The van der Waals surface area contributed by atoms with Crippen LogP contribution in [-0.4, -0.2) is 36.8 Å². The van der Waals surface area contributed by atoms with Crippen LogP contribution < -0.4 is 5.32 Å². The Kier molecular flexibility index (Phi) is 4.79. The van der Waals surface area contributed by atoms with Gasteiger partial charge in [0.2, 0.25) is 5.92 Å². The molecule has 1 aliphatic carbocycles. The van der Waals surface area contributed by atoms with Crippen molar-refractivity contribution >= 4 is 23.3 Å². The van der Waals surface area contributed by atoms with E-state index in [-0.39, 0.29) is 48.9 Å². The largest absolute Gasteiger partial charge is 0.465 e. The monoisotopic (exact) mass is 374 g/mol. The van der Waals surface area contributed by atoms with Crippen LogP contribution in [-0.2, 0) is 6.61 Å². The maximum Gasteiger partial charge on any atom is 0.405 e. The van der Waals surface area contributed by atoms with E-state index < -0.39 is 18.1 Å². The number of rotatable bonds is 4. The van der Waals surface area contributed by atoms with Gasteiger partial charge in [0.25, 0.3) is 0 Å². The summed E-state index contributed by atoms with van der Waals surface area (Å²) in [5, 5.41) is 25.1. The van der Waals surface area contributed by atoms with Crippen molar-refractivity contribution in [2.45, 2.75) is 44.3 Å². The molecule has 1 amide bonds. The topological polar surface area (TPSA) is 99.8 Å². The van der Waals surface area contributed by atoms with Crippen molar-refractivity contribution in [3.05, 3.63) is 28.7 Å². The molecule has 3 N–H and O–H groups in total. The Bertz CT molecular complexity index is 788. The van der Waals surface area contributed by atoms with E-state index in [1.54, 1.807) is 0 Å². The van der Waals surface area contributed by atoms with Crippen molar-refractivity contribution in [2.24, 2.45) is 5.92 Å². The molecule has 25 heavy (non-hydrogen) atoms. The molecule has 7 nitrogen and oxygen atoms in total. The highest BCUT2D eigenvalue weighted by atomic mass is 35.5. The van der Waals surface area contributed by atoms with Gasteiger partial charge in [0.1, 0.15) is 5.69 Å². The predicted octanol–water partition coefficient (Wildman–Crippen LogP) is 3.01. The SMILES string of the molecule is O=C(O)N[C@H](c1cn2nc(CO)c(Cl)cc2n1)C1CCC(F)(F)CC1. The summed E-state index contributed by atoms with van der Waals surface area (Å²) >= 11 is 5.99. The van der Waals surface area contributed by atoms with E-state index >= 15 is 0 Å². The van der Waals surface area contributed by atoms with E-state index in [0.29, 0.717) is 11.3 Å². The zero-order valence-corrected chi connectivity index (χ0v) is 13.9. The van der Waals surface area contributed by atoms with Crippen molar-refractivity contribution < 1.29 is 23.8 Å². The molecule has 0 spiro atoms. The van der Waals surface area contributed by atoms with Gasteiger partial charge in [-0.05, 0) is 18.8 Å². The number of imidazole rings is 1. The zero-order chi connectivity index (χ0) is 18.2. The molecule has 0 aliphatic heterocycles. The third kappa shape index (κ3) is 3.82. The summed E-state index contributed by atoms with van der Waals surface area (Å²) in [6.07, 6.45) is 0.118.